The molecule has 7 aromatic carbocycles. The summed E-state index contributed by atoms with van der Waals surface area (Å²) < 4.78 is 7.91. The summed E-state index contributed by atoms with van der Waals surface area (Å²) in [6.07, 6.45) is 0. The summed E-state index contributed by atoms with van der Waals surface area (Å²) in [6.45, 7) is 13.7. The number of hydrogen-bond acceptors (Lipinski definition) is 3. The van der Waals surface area contributed by atoms with Gasteiger partial charge in [-0.25, -0.2) is 0 Å². The van der Waals surface area contributed by atoms with Crippen LogP contribution in [0.3, 0.4) is 0 Å². The molecule has 1 radical (unpaired) electrons. The third kappa shape index (κ3) is 5.06. The average molecular weight is 744 g/mol. The highest BCUT2D eigenvalue weighted by Crippen LogP contribution is 2.44. The predicted octanol–water partition coefficient (Wildman–Crippen LogP) is 13.5. The smallest absolute Gasteiger partial charge is 0.197 e. The van der Waals surface area contributed by atoms with Gasteiger partial charge in [-0.15, -0.1) is 22.7 Å². The van der Waals surface area contributed by atoms with Crippen LogP contribution in [0.15, 0.2) is 127 Å². The summed E-state index contributed by atoms with van der Waals surface area (Å²) in [6, 6.07) is 48.3. The highest BCUT2D eigenvalue weighted by Gasteiger charge is 2.29. The summed E-state index contributed by atoms with van der Waals surface area (Å²) in [4.78, 5) is 0. The minimum absolute atomic E-state index is 0.00448. The second kappa shape index (κ2) is 11.6. The lowest BCUT2D eigenvalue weighted by atomic mass is 9.59. The summed E-state index contributed by atoms with van der Waals surface area (Å²) in [5.41, 5.74) is 13.7. The number of nitrogens with one attached hydrogen (secondary N) is 1. The van der Waals surface area contributed by atoms with Crippen LogP contribution < -0.4 is 16.2 Å². The molecule has 3 aromatic heterocycles. The summed E-state index contributed by atoms with van der Waals surface area (Å²) in [5, 5.41) is 11.8. The molecular weight excluding hydrogens is 704 g/mol. The van der Waals surface area contributed by atoms with E-state index in [0.717, 1.165) is 11.4 Å². The summed E-state index contributed by atoms with van der Waals surface area (Å²) >= 11 is 3.79. The van der Waals surface area contributed by atoms with Crippen molar-refractivity contribution >= 4 is 114 Å². The van der Waals surface area contributed by atoms with Crippen LogP contribution >= 0.6 is 22.7 Å². The van der Waals surface area contributed by atoms with Crippen LogP contribution in [0, 0.1) is 0 Å². The van der Waals surface area contributed by atoms with Gasteiger partial charge in [0.2, 0.25) is 0 Å². The first kappa shape index (κ1) is 33.0. The van der Waals surface area contributed by atoms with Crippen molar-refractivity contribution in [3.05, 3.63) is 139 Å². The number of aromatic nitrogens is 1. The fourth-order valence-corrected chi connectivity index (χ4v) is 11.0. The van der Waals surface area contributed by atoms with Crippen molar-refractivity contribution in [1.29, 1.82) is 0 Å². The van der Waals surface area contributed by atoms with Crippen molar-refractivity contribution in [2.24, 2.45) is 0 Å². The average Bonchev–Trinajstić information content (AvgIpc) is 3.82. The molecule has 11 rings (SSSR count). The van der Waals surface area contributed by atoms with Crippen LogP contribution in [0.5, 0.6) is 0 Å². The predicted molar refractivity (Wildman–Crippen MR) is 244 cm³/mol. The van der Waals surface area contributed by atoms with E-state index in [1.165, 1.54) is 101 Å². The first-order valence-corrected chi connectivity index (χ1v) is 20.9. The number of benzene rings is 7. The second-order valence-electron chi connectivity index (χ2n) is 17.3. The van der Waals surface area contributed by atoms with Crippen LogP contribution in [-0.4, -0.2) is 11.8 Å². The molecule has 0 saturated heterocycles. The zero-order valence-corrected chi connectivity index (χ0v) is 33.6. The number of anilines is 2. The largest absolute Gasteiger partial charge is 0.355 e. The van der Waals surface area contributed by atoms with Gasteiger partial charge in [-0.2, -0.15) is 0 Å². The van der Waals surface area contributed by atoms with Gasteiger partial charge < -0.3 is 9.88 Å². The Hall–Kier alpha value is -5.36. The zero-order chi connectivity index (χ0) is 37.4. The van der Waals surface area contributed by atoms with Gasteiger partial charge in [0.15, 0.2) is 7.28 Å². The van der Waals surface area contributed by atoms with Gasteiger partial charge in [0.1, 0.15) is 0 Å². The van der Waals surface area contributed by atoms with E-state index in [9.17, 15) is 0 Å². The highest BCUT2D eigenvalue weighted by molar-refractivity contribution is 7.26. The normalized spacial score (nSPS) is 13.1. The molecule has 0 bridgehead atoms. The fraction of sp³-hybridized carbons (Fsp3) is 0.160. The molecule has 5 heteroatoms. The van der Waals surface area contributed by atoms with Crippen molar-refractivity contribution in [2.75, 3.05) is 5.32 Å². The molecule has 0 amide bonds. The molecule has 0 atom stereocenters. The van der Waals surface area contributed by atoms with E-state index in [0.29, 0.717) is 0 Å². The molecule has 55 heavy (non-hydrogen) atoms. The van der Waals surface area contributed by atoms with Crippen LogP contribution in [0.1, 0.15) is 52.7 Å². The lowest BCUT2D eigenvalue weighted by Crippen LogP contribution is -2.37. The third-order valence-corrected chi connectivity index (χ3v) is 14.0. The van der Waals surface area contributed by atoms with Gasteiger partial charge in [0, 0.05) is 79.3 Å². The molecule has 4 heterocycles. The lowest BCUT2D eigenvalue weighted by molar-refractivity contribution is 0.590. The van der Waals surface area contributed by atoms with E-state index in [1.807, 2.05) is 22.7 Å². The van der Waals surface area contributed by atoms with Gasteiger partial charge >= 0.3 is 0 Å². The minimum Gasteiger partial charge on any atom is -0.355 e. The standard InChI is InChI=1S/C50H40BN2S2/c1-49(2,3)28-15-18-30(19-16-28)52-40-22-17-29(50(4,5)6)23-35(40)33-20-21-34-36-26-45-37(31-11-7-9-13-43(31)54-45)24-41(36)53-42-25-38-32-12-8-10-14-44(32)55-46(38)27-39(42)51-47(33)48(34)53/h7-27,52H,1-6H3. The molecule has 265 valence electrons. The zero-order valence-electron chi connectivity index (χ0n) is 32.0. The Morgan fingerprint density at radius 2 is 1.15 bits per heavy atom. The maximum absolute atomic E-state index is 3.86. The molecular formula is C50H40BN2S2. The van der Waals surface area contributed by atoms with Crippen LogP contribution in [-0.2, 0) is 10.8 Å². The van der Waals surface area contributed by atoms with Crippen LogP contribution in [0.2, 0.25) is 0 Å². The monoisotopic (exact) mass is 743 g/mol. The Morgan fingerprint density at radius 1 is 0.509 bits per heavy atom. The van der Waals surface area contributed by atoms with E-state index in [-0.39, 0.29) is 10.8 Å². The fourth-order valence-electron chi connectivity index (χ4n) is 8.77. The van der Waals surface area contributed by atoms with Crippen molar-refractivity contribution in [3.8, 4) is 16.8 Å². The van der Waals surface area contributed by atoms with E-state index in [4.69, 9.17) is 0 Å². The van der Waals surface area contributed by atoms with Crippen LogP contribution in [0.4, 0.5) is 11.4 Å². The molecule has 0 spiro atoms. The van der Waals surface area contributed by atoms with E-state index in [2.05, 4.69) is 186 Å². The molecule has 1 N–H and O–H groups in total. The Morgan fingerprint density at radius 3 is 1.84 bits per heavy atom. The number of fused-ring (bicyclic) bond motifs is 11. The second-order valence-corrected chi connectivity index (χ2v) is 19.5. The van der Waals surface area contributed by atoms with E-state index >= 15 is 0 Å². The van der Waals surface area contributed by atoms with Crippen LogP contribution in [0.25, 0.3) is 79.0 Å². The van der Waals surface area contributed by atoms with Crippen molar-refractivity contribution in [2.45, 2.75) is 52.4 Å². The number of hydrogen-bond donors (Lipinski definition) is 1. The molecule has 0 saturated carbocycles. The SMILES string of the molecule is CC(C)(C)c1ccc(Nc2ccc(C(C)(C)C)cc2-c2ccc3c4cc5sc6ccccc6c5cc4n4c3c2[B]c2cc3sc5ccccc5c3cc2-4)cc1. The van der Waals surface area contributed by atoms with Crippen molar-refractivity contribution < 1.29 is 0 Å². The number of thiophene rings is 2. The molecule has 1 aliphatic rings. The van der Waals surface area contributed by atoms with Gasteiger partial charge in [-0.05, 0) is 93.6 Å². The maximum Gasteiger partial charge on any atom is 0.197 e. The summed E-state index contributed by atoms with van der Waals surface area (Å²) in [5.74, 6) is 0. The van der Waals surface area contributed by atoms with Gasteiger partial charge in [-0.3, -0.25) is 0 Å². The molecule has 2 nitrogen and oxygen atoms in total. The van der Waals surface area contributed by atoms with Gasteiger partial charge in [0.25, 0.3) is 0 Å². The Balaban J connectivity index is 1.20. The first-order valence-electron chi connectivity index (χ1n) is 19.2. The third-order valence-electron chi connectivity index (χ3n) is 11.7. The van der Waals surface area contributed by atoms with Crippen molar-refractivity contribution in [3.63, 3.8) is 0 Å². The van der Waals surface area contributed by atoms with Gasteiger partial charge in [-0.1, -0.05) is 114 Å². The first-order chi connectivity index (χ1) is 26.5. The Labute approximate surface area is 330 Å². The minimum atomic E-state index is -0.00448. The molecule has 0 aliphatic carbocycles. The molecule has 1 aliphatic heterocycles. The Bertz CT molecular complexity index is 3220. The highest BCUT2D eigenvalue weighted by atomic mass is 32.1. The molecule has 0 unspecified atom stereocenters. The number of rotatable bonds is 3. The Kier molecular flexibility index (Phi) is 6.95. The van der Waals surface area contributed by atoms with Crippen molar-refractivity contribution in [1.82, 2.24) is 4.57 Å². The lowest BCUT2D eigenvalue weighted by Gasteiger charge is -2.26. The van der Waals surface area contributed by atoms with E-state index < -0.39 is 0 Å². The quantitative estimate of drug-likeness (QED) is 0.178. The summed E-state index contributed by atoms with van der Waals surface area (Å²) in [7, 11) is 2.47. The van der Waals surface area contributed by atoms with Gasteiger partial charge in [0.05, 0.1) is 5.52 Å². The molecule has 10 aromatic rings. The molecule has 0 fully saturated rings. The maximum atomic E-state index is 3.86. The topological polar surface area (TPSA) is 17.0 Å². The number of nitrogens with zero attached hydrogens (tertiary/aromatic N) is 1. The van der Waals surface area contributed by atoms with E-state index in [1.54, 1.807) is 0 Å².